The molecule has 3 heteroatoms. The fraction of sp³-hybridized carbons (Fsp3) is 0.250. The first-order valence-corrected chi connectivity index (χ1v) is 7.15. The molecular formula is C16H17BrO2. The van der Waals surface area contributed by atoms with Crippen LogP contribution in [0.5, 0.6) is 5.75 Å². The molecule has 0 saturated carbocycles. The molecule has 0 aliphatic carbocycles. The molecule has 0 fully saturated rings. The van der Waals surface area contributed by atoms with E-state index in [1.54, 1.807) is 0 Å². The average molecular weight is 321 g/mol. The Morgan fingerprint density at radius 2 is 1.79 bits per heavy atom. The van der Waals surface area contributed by atoms with Gasteiger partial charge in [0.05, 0.1) is 4.47 Å². The van der Waals surface area contributed by atoms with Gasteiger partial charge in [-0.1, -0.05) is 36.4 Å². The molecule has 19 heavy (non-hydrogen) atoms. The molecular weight excluding hydrogens is 304 g/mol. The summed E-state index contributed by atoms with van der Waals surface area (Å²) in [6.07, 6.45) is 1.67. The van der Waals surface area contributed by atoms with Crippen molar-refractivity contribution in [2.45, 2.75) is 19.4 Å². The predicted octanol–water partition coefficient (Wildman–Crippen LogP) is 3.95. The van der Waals surface area contributed by atoms with Gasteiger partial charge >= 0.3 is 0 Å². The molecule has 2 aromatic rings. The van der Waals surface area contributed by atoms with Crippen LogP contribution in [0.25, 0.3) is 0 Å². The molecule has 0 aliphatic rings. The van der Waals surface area contributed by atoms with Crippen molar-refractivity contribution in [3.63, 3.8) is 0 Å². The van der Waals surface area contributed by atoms with Crippen LogP contribution >= 0.6 is 15.9 Å². The molecule has 0 spiro atoms. The van der Waals surface area contributed by atoms with E-state index >= 15 is 0 Å². The average Bonchev–Trinajstić information content (AvgIpc) is 2.45. The van der Waals surface area contributed by atoms with Crippen LogP contribution in [-0.4, -0.2) is 11.7 Å². The lowest BCUT2D eigenvalue weighted by Gasteiger charge is -2.09. The van der Waals surface area contributed by atoms with Gasteiger partial charge in [-0.15, -0.1) is 0 Å². The van der Waals surface area contributed by atoms with Gasteiger partial charge in [-0.05, 0) is 52.0 Å². The number of aryl methyl sites for hydroxylation is 1. The smallest absolute Gasteiger partial charge is 0.134 e. The Kier molecular flexibility index (Phi) is 5.43. The van der Waals surface area contributed by atoms with Gasteiger partial charge in [0.25, 0.3) is 0 Å². The third-order valence-corrected chi connectivity index (χ3v) is 3.48. The van der Waals surface area contributed by atoms with Gasteiger partial charge in [-0.2, -0.15) is 0 Å². The third-order valence-electron chi connectivity index (χ3n) is 2.86. The lowest BCUT2D eigenvalue weighted by Crippen LogP contribution is -1.96. The van der Waals surface area contributed by atoms with Crippen LogP contribution in [0.15, 0.2) is 53.0 Å². The second kappa shape index (κ2) is 7.31. The van der Waals surface area contributed by atoms with Crippen molar-refractivity contribution in [3.05, 3.63) is 64.1 Å². The molecule has 0 unspecified atom stereocenters. The summed E-state index contributed by atoms with van der Waals surface area (Å²) in [5.74, 6) is 0.844. The number of halogens is 1. The molecule has 2 aromatic carbocycles. The van der Waals surface area contributed by atoms with E-state index in [9.17, 15) is 0 Å². The Labute approximate surface area is 122 Å². The van der Waals surface area contributed by atoms with Gasteiger partial charge in [0, 0.05) is 6.61 Å². The van der Waals surface area contributed by atoms with Crippen LogP contribution in [0, 0.1) is 0 Å². The highest BCUT2D eigenvalue weighted by atomic mass is 79.9. The van der Waals surface area contributed by atoms with E-state index in [1.165, 1.54) is 5.56 Å². The summed E-state index contributed by atoms with van der Waals surface area (Å²) < 4.78 is 6.74. The standard InChI is InChI=1S/C16H17BrO2/c17-15-11-13(7-4-10-18)8-9-16(15)19-12-14-5-2-1-3-6-14/h1-3,5-6,8-9,11,18H,4,7,10,12H2. The van der Waals surface area contributed by atoms with Gasteiger partial charge in [-0.3, -0.25) is 0 Å². The number of aliphatic hydroxyl groups excluding tert-OH is 1. The van der Waals surface area contributed by atoms with Crippen molar-refractivity contribution in [2.75, 3.05) is 6.61 Å². The zero-order valence-corrected chi connectivity index (χ0v) is 12.3. The fourth-order valence-electron chi connectivity index (χ4n) is 1.84. The molecule has 0 aliphatic heterocycles. The van der Waals surface area contributed by atoms with E-state index in [4.69, 9.17) is 9.84 Å². The van der Waals surface area contributed by atoms with Crippen molar-refractivity contribution in [2.24, 2.45) is 0 Å². The summed E-state index contributed by atoms with van der Waals surface area (Å²) in [5, 5.41) is 8.83. The minimum Gasteiger partial charge on any atom is -0.488 e. The molecule has 0 bridgehead atoms. The van der Waals surface area contributed by atoms with E-state index in [-0.39, 0.29) is 6.61 Å². The Morgan fingerprint density at radius 1 is 1.00 bits per heavy atom. The molecule has 0 atom stereocenters. The quantitative estimate of drug-likeness (QED) is 0.873. The Balaban J connectivity index is 1.97. The molecule has 0 heterocycles. The maximum absolute atomic E-state index is 8.83. The van der Waals surface area contributed by atoms with E-state index in [1.807, 2.05) is 42.5 Å². The monoisotopic (exact) mass is 320 g/mol. The van der Waals surface area contributed by atoms with Gasteiger partial charge < -0.3 is 9.84 Å². The zero-order chi connectivity index (χ0) is 13.5. The summed E-state index contributed by atoms with van der Waals surface area (Å²) >= 11 is 3.53. The van der Waals surface area contributed by atoms with Gasteiger partial charge in [0.2, 0.25) is 0 Å². The van der Waals surface area contributed by atoms with E-state index in [2.05, 4.69) is 22.0 Å². The van der Waals surface area contributed by atoms with Crippen molar-refractivity contribution in [1.29, 1.82) is 0 Å². The minimum absolute atomic E-state index is 0.226. The second-order valence-corrected chi connectivity index (χ2v) is 5.22. The number of hydrogen-bond acceptors (Lipinski definition) is 2. The van der Waals surface area contributed by atoms with Crippen molar-refractivity contribution < 1.29 is 9.84 Å². The molecule has 2 nitrogen and oxygen atoms in total. The summed E-state index contributed by atoms with van der Waals surface area (Å²) in [6.45, 7) is 0.791. The number of benzene rings is 2. The van der Waals surface area contributed by atoms with Crippen LogP contribution in [0.1, 0.15) is 17.5 Å². The SMILES string of the molecule is OCCCc1ccc(OCc2ccccc2)c(Br)c1. The maximum atomic E-state index is 8.83. The first kappa shape index (κ1) is 14.1. The molecule has 0 aromatic heterocycles. The zero-order valence-electron chi connectivity index (χ0n) is 10.7. The Morgan fingerprint density at radius 3 is 2.47 bits per heavy atom. The van der Waals surface area contributed by atoms with Crippen LogP contribution in [-0.2, 0) is 13.0 Å². The number of hydrogen-bond donors (Lipinski definition) is 1. The number of aliphatic hydroxyl groups is 1. The van der Waals surface area contributed by atoms with Crippen molar-refractivity contribution >= 4 is 15.9 Å². The predicted molar refractivity (Wildman–Crippen MR) is 80.3 cm³/mol. The van der Waals surface area contributed by atoms with Crippen LogP contribution in [0.2, 0.25) is 0 Å². The van der Waals surface area contributed by atoms with Gasteiger partial charge in [0.1, 0.15) is 12.4 Å². The maximum Gasteiger partial charge on any atom is 0.134 e. The van der Waals surface area contributed by atoms with Gasteiger partial charge in [0.15, 0.2) is 0 Å². The Hall–Kier alpha value is -1.32. The van der Waals surface area contributed by atoms with Crippen LogP contribution < -0.4 is 4.74 Å². The van der Waals surface area contributed by atoms with Crippen LogP contribution in [0.3, 0.4) is 0 Å². The topological polar surface area (TPSA) is 29.5 Å². The van der Waals surface area contributed by atoms with Crippen molar-refractivity contribution in [1.82, 2.24) is 0 Å². The van der Waals surface area contributed by atoms with E-state index in [0.29, 0.717) is 6.61 Å². The van der Waals surface area contributed by atoms with Crippen LogP contribution in [0.4, 0.5) is 0 Å². The lowest BCUT2D eigenvalue weighted by molar-refractivity contribution is 0.288. The number of rotatable bonds is 6. The van der Waals surface area contributed by atoms with E-state index in [0.717, 1.165) is 28.6 Å². The molecule has 2 rings (SSSR count). The highest BCUT2D eigenvalue weighted by molar-refractivity contribution is 9.10. The van der Waals surface area contributed by atoms with Gasteiger partial charge in [-0.25, -0.2) is 0 Å². The first-order chi connectivity index (χ1) is 9.29. The molecule has 0 radical (unpaired) electrons. The highest BCUT2D eigenvalue weighted by Gasteiger charge is 2.03. The van der Waals surface area contributed by atoms with Crippen molar-refractivity contribution in [3.8, 4) is 5.75 Å². The first-order valence-electron chi connectivity index (χ1n) is 6.35. The fourth-order valence-corrected chi connectivity index (χ4v) is 2.38. The molecule has 0 amide bonds. The summed E-state index contributed by atoms with van der Waals surface area (Å²) in [4.78, 5) is 0. The summed E-state index contributed by atoms with van der Waals surface area (Å²) in [7, 11) is 0. The highest BCUT2D eigenvalue weighted by Crippen LogP contribution is 2.27. The normalized spacial score (nSPS) is 10.4. The number of ether oxygens (including phenoxy) is 1. The molecule has 0 saturated heterocycles. The molecule has 1 N–H and O–H groups in total. The van der Waals surface area contributed by atoms with E-state index < -0.39 is 0 Å². The second-order valence-electron chi connectivity index (χ2n) is 4.37. The largest absolute Gasteiger partial charge is 0.488 e. The lowest BCUT2D eigenvalue weighted by atomic mass is 10.1. The summed E-state index contributed by atoms with van der Waals surface area (Å²) in [6, 6.07) is 16.2. The third kappa shape index (κ3) is 4.37. The molecule has 100 valence electrons. The summed E-state index contributed by atoms with van der Waals surface area (Å²) in [5.41, 5.74) is 2.35. The minimum atomic E-state index is 0.226. The Bertz CT molecular complexity index is 511.